The van der Waals surface area contributed by atoms with Crippen LogP contribution in [-0.4, -0.2) is 59.0 Å². The maximum absolute atomic E-state index is 12.4. The van der Waals surface area contributed by atoms with Crippen molar-refractivity contribution < 1.29 is 17.9 Å². The highest BCUT2D eigenvalue weighted by Crippen LogP contribution is 2.18. The summed E-state index contributed by atoms with van der Waals surface area (Å²) >= 11 is 0. The maximum atomic E-state index is 12.4. The predicted octanol–water partition coefficient (Wildman–Crippen LogP) is 0.842. The molecule has 0 fully saturated rings. The summed E-state index contributed by atoms with van der Waals surface area (Å²) in [6.07, 6.45) is 0.686. The smallest absolute Gasteiger partial charge is 0.304 e. The Morgan fingerprint density at radius 1 is 1.22 bits per heavy atom. The van der Waals surface area contributed by atoms with Crippen LogP contribution in [0.25, 0.3) is 0 Å². The summed E-state index contributed by atoms with van der Waals surface area (Å²) < 4.78 is 32.2. The highest BCUT2D eigenvalue weighted by Gasteiger charge is 2.26. The van der Waals surface area contributed by atoms with E-state index < -0.39 is 10.2 Å². The van der Waals surface area contributed by atoms with Gasteiger partial charge in [0, 0.05) is 33.9 Å². The molecule has 0 aliphatic heterocycles. The van der Waals surface area contributed by atoms with Crippen molar-refractivity contribution in [2.45, 2.75) is 13.3 Å². The van der Waals surface area contributed by atoms with Crippen molar-refractivity contribution in [3.05, 3.63) is 30.3 Å². The molecule has 0 bridgehead atoms. The van der Waals surface area contributed by atoms with E-state index in [9.17, 15) is 13.2 Å². The standard InChI is InChI=1S/C15H25N3O4S/c1-4-22-12-8-11-16-15(19)13-18(23(20,21)17(2)3)14-9-6-5-7-10-14/h5-7,9-10H,4,8,11-13H2,1-3H3,(H,16,19). The molecule has 1 N–H and O–H groups in total. The molecular weight excluding hydrogens is 318 g/mol. The minimum Gasteiger partial charge on any atom is -0.382 e. The van der Waals surface area contributed by atoms with E-state index in [0.717, 1.165) is 8.61 Å². The zero-order valence-electron chi connectivity index (χ0n) is 13.9. The largest absolute Gasteiger partial charge is 0.382 e. The Balaban J connectivity index is 2.73. The number of para-hydroxylation sites is 1. The summed E-state index contributed by atoms with van der Waals surface area (Å²) in [5.41, 5.74) is 0.450. The Bertz CT molecular complexity index is 576. The molecule has 130 valence electrons. The average Bonchev–Trinajstić information content (AvgIpc) is 2.53. The zero-order valence-corrected chi connectivity index (χ0v) is 14.7. The van der Waals surface area contributed by atoms with Gasteiger partial charge >= 0.3 is 10.2 Å². The third-order valence-electron chi connectivity index (χ3n) is 3.06. The van der Waals surface area contributed by atoms with Crippen LogP contribution in [0.2, 0.25) is 0 Å². The number of ether oxygens (including phenoxy) is 1. The number of amides is 1. The third kappa shape index (κ3) is 6.17. The lowest BCUT2D eigenvalue weighted by Crippen LogP contribution is -2.46. The molecule has 0 radical (unpaired) electrons. The zero-order chi connectivity index (χ0) is 17.3. The van der Waals surface area contributed by atoms with Gasteiger partial charge in [-0.2, -0.15) is 12.7 Å². The van der Waals surface area contributed by atoms with E-state index in [1.165, 1.54) is 14.1 Å². The summed E-state index contributed by atoms with van der Waals surface area (Å²) in [5.74, 6) is -0.351. The van der Waals surface area contributed by atoms with Gasteiger partial charge in [0.1, 0.15) is 6.54 Å². The van der Waals surface area contributed by atoms with Gasteiger partial charge in [-0.25, -0.2) is 4.31 Å². The van der Waals surface area contributed by atoms with E-state index >= 15 is 0 Å². The fraction of sp³-hybridized carbons (Fsp3) is 0.533. The number of hydrogen-bond acceptors (Lipinski definition) is 4. The molecule has 23 heavy (non-hydrogen) atoms. The maximum Gasteiger partial charge on any atom is 0.304 e. The quantitative estimate of drug-likeness (QED) is 0.639. The van der Waals surface area contributed by atoms with Crippen LogP contribution >= 0.6 is 0 Å². The van der Waals surface area contributed by atoms with Crippen molar-refractivity contribution in [2.24, 2.45) is 0 Å². The van der Waals surface area contributed by atoms with Crippen LogP contribution in [0, 0.1) is 0 Å². The van der Waals surface area contributed by atoms with Crippen molar-refractivity contribution in [1.29, 1.82) is 0 Å². The van der Waals surface area contributed by atoms with E-state index in [0.29, 0.717) is 31.9 Å². The first kappa shape index (κ1) is 19.4. The fourth-order valence-corrected chi connectivity index (χ4v) is 2.89. The molecule has 0 aliphatic rings. The second kappa shape index (κ2) is 9.49. The summed E-state index contributed by atoms with van der Waals surface area (Å²) in [4.78, 5) is 12.1. The molecule has 0 saturated heterocycles. The molecule has 8 heteroatoms. The van der Waals surface area contributed by atoms with Crippen LogP contribution < -0.4 is 9.62 Å². The summed E-state index contributed by atoms with van der Waals surface area (Å²) in [6, 6.07) is 8.56. The van der Waals surface area contributed by atoms with Gasteiger partial charge in [-0.3, -0.25) is 4.79 Å². The van der Waals surface area contributed by atoms with Gasteiger partial charge in [-0.05, 0) is 25.5 Å². The van der Waals surface area contributed by atoms with Crippen molar-refractivity contribution in [1.82, 2.24) is 9.62 Å². The fourth-order valence-electron chi connectivity index (χ4n) is 1.83. The van der Waals surface area contributed by atoms with Gasteiger partial charge in [0.15, 0.2) is 0 Å². The van der Waals surface area contributed by atoms with Gasteiger partial charge in [0.05, 0.1) is 5.69 Å². The first-order chi connectivity index (χ1) is 10.9. The summed E-state index contributed by atoms with van der Waals surface area (Å²) in [5, 5.41) is 2.71. The van der Waals surface area contributed by atoms with Crippen LogP contribution in [0.3, 0.4) is 0 Å². The highest BCUT2D eigenvalue weighted by atomic mass is 32.2. The molecule has 1 aromatic rings. The molecule has 0 spiro atoms. The number of nitrogens with one attached hydrogen (secondary N) is 1. The van der Waals surface area contributed by atoms with Crippen molar-refractivity contribution in [2.75, 3.05) is 44.7 Å². The minimum atomic E-state index is -3.75. The molecule has 0 atom stereocenters. The Morgan fingerprint density at radius 2 is 1.87 bits per heavy atom. The van der Waals surface area contributed by atoms with Gasteiger partial charge in [-0.1, -0.05) is 18.2 Å². The molecular formula is C15H25N3O4S. The van der Waals surface area contributed by atoms with Crippen molar-refractivity contribution >= 4 is 21.8 Å². The van der Waals surface area contributed by atoms with Crippen LogP contribution in [0.15, 0.2) is 30.3 Å². The van der Waals surface area contributed by atoms with Gasteiger partial charge < -0.3 is 10.1 Å². The monoisotopic (exact) mass is 343 g/mol. The van der Waals surface area contributed by atoms with Crippen LogP contribution in [0.5, 0.6) is 0 Å². The SMILES string of the molecule is CCOCCCNC(=O)CN(c1ccccc1)S(=O)(=O)N(C)C. The second-order valence-electron chi connectivity index (χ2n) is 5.03. The number of carbonyl (C=O) groups is 1. The third-order valence-corrected chi connectivity index (χ3v) is 4.88. The summed E-state index contributed by atoms with van der Waals surface area (Å²) in [6.45, 7) is 3.29. The van der Waals surface area contributed by atoms with Crippen LogP contribution in [-0.2, 0) is 19.7 Å². The Labute approximate surface area is 138 Å². The number of anilines is 1. The van der Waals surface area contributed by atoms with Crippen LogP contribution in [0.1, 0.15) is 13.3 Å². The average molecular weight is 343 g/mol. The number of rotatable bonds is 10. The van der Waals surface area contributed by atoms with Crippen molar-refractivity contribution in [3.63, 3.8) is 0 Å². The molecule has 0 heterocycles. The number of benzene rings is 1. The highest BCUT2D eigenvalue weighted by molar-refractivity contribution is 7.90. The van der Waals surface area contributed by atoms with Gasteiger partial charge in [0.2, 0.25) is 5.91 Å². The number of hydrogen-bond donors (Lipinski definition) is 1. The molecule has 1 rings (SSSR count). The Kier molecular flexibility index (Phi) is 8.01. The van der Waals surface area contributed by atoms with Gasteiger partial charge in [0.25, 0.3) is 0 Å². The van der Waals surface area contributed by atoms with Crippen molar-refractivity contribution in [3.8, 4) is 0 Å². The van der Waals surface area contributed by atoms with Crippen LogP contribution in [0.4, 0.5) is 5.69 Å². The first-order valence-electron chi connectivity index (χ1n) is 7.49. The molecule has 7 nitrogen and oxygen atoms in total. The lowest BCUT2D eigenvalue weighted by molar-refractivity contribution is -0.119. The normalized spacial score (nSPS) is 11.5. The predicted molar refractivity (Wildman–Crippen MR) is 90.5 cm³/mol. The molecule has 1 amide bonds. The molecule has 0 aromatic heterocycles. The Hall–Kier alpha value is -1.64. The Morgan fingerprint density at radius 3 is 2.43 bits per heavy atom. The number of nitrogens with zero attached hydrogens (tertiary/aromatic N) is 2. The minimum absolute atomic E-state index is 0.265. The second-order valence-corrected chi connectivity index (χ2v) is 7.10. The molecule has 0 unspecified atom stereocenters. The van der Waals surface area contributed by atoms with E-state index in [1.807, 2.05) is 6.92 Å². The molecule has 0 aliphatic carbocycles. The van der Waals surface area contributed by atoms with E-state index in [2.05, 4.69) is 5.32 Å². The van der Waals surface area contributed by atoms with E-state index in [-0.39, 0.29) is 12.5 Å². The van der Waals surface area contributed by atoms with E-state index in [4.69, 9.17) is 4.74 Å². The first-order valence-corrected chi connectivity index (χ1v) is 8.89. The number of carbonyl (C=O) groups excluding carboxylic acids is 1. The molecule has 0 saturated carbocycles. The lowest BCUT2D eigenvalue weighted by atomic mass is 10.3. The van der Waals surface area contributed by atoms with Gasteiger partial charge in [-0.15, -0.1) is 0 Å². The summed E-state index contributed by atoms with van der Waals surface area (Å²) in [7, 11) is -0.874. The lowest BCUT2D eigenvalue weighted by Gasteiger charge is -2.26. The topological polar surface area (TPSA) is 79.0 Å². The molecule has 1 aromatic carbocycles. The van der Waals surface area contributed by atoms with E-state index in [1.54, 1.807) is 30.3 Å².